The molecule has 8 nitrogen and oxygen atoms in total. The van der Waals surface area contributed by atoms with Gasteiger partial charge in [0.05, 0.1) is 27.6 Å². The number of halogens is 2. The summed E-state index contributed by atoms with van der Waals surface area (Å²) in [5.41, 5.74) is 0.663. The monoisotopic (exact) mass is 488 g/mol. The third kappa shape index (κ3) is 4.55. The molecule has 2 aromatic heterocycles. The molecule has 0 fully saturated rings. The highest BCUT2D eigenvalue weighted by Gasteiger charge is 2.23. The van der Waals surface area contributed by atoms with E-state index in [0.717, 1.165) is 11.8 Å². The predicted octanol–water partition coefficient (Wildman–Crippen LogP) is 6.16. The van der Waals surface area contributed by atoms with Crippen LogP contribution in [0, 0.1) is 10.1 Å². The topological polar surface area (TPSA) is 104 Å². The number of carbonyl (C=O) groups is 1. The highest BCUT2D eigenvalue weighted by molar-refractivity contribution is 7.99. The molecular formula is C21H14Cl2N4O4S. The standard InChI is InChI=1S/C21H14Cl2N4O4S/c1-12(28)13-4-7-19(18(9-13)27(29)30)32-21-25-24-20(16-6-5-14(22)10-17(16)23)26(21)11-15-3-2-8-31-15/h2-10H,11H2,1H3. The summed E-state index contributed by atoms with van der Waals surface area (Å²) < 4.78 is 7.22. The fraction of sp³-hybridized carbons (Fsp3) is 0.0952. The molecule has 32 heavy (non-hydrogen) atoms. The van der Waals surface area contributed by atoms with E-state index in [-0.39, 0.29) is 23.6 Å². The minimum Gasteiger partial charge on any atom is -0.467 e. The predicted molar refractivity (Wildman–Crippen MR) is 121 cm³/mol. The lowest BCUT2D eigenvalue weighted by Gasteiger charge is -2.10. The molecule has 0 unspecified atom stereocenters. The molecule has 0 saturated carbocycles. The van der Waals surface area contributed by atoms with Crippen LogP contribution < -0.4 is 0 Å². The molecule has 0 aliphatic rings. The van der Waals surface area contributed by atoms with Crippen LogP contribution in [-0.4, -0.2) is 25.5 Å². The normalized spacial score (nSPS) is 11.0. The van der Waals surface area contributed by atoms with E-state index < -0.39 is 4.92 Å². The molecule has 0 N–H and O–H groups in total. The van der Waals surface area contributed by atoms with E-state index in [1.54, 1.807) is 47.2 Å². The second kappa shape index (κ2) is 9.15. The fourth-order valence-corrected chi connectivity index (χ4v) is 4.41. The van der Waals surface area contributed by atoms with Crippen molar-refractivity contribution in [3.05, 3.63) is 86.3 Å². The van der Waals surface area contributed by atoms with Crippen molar-refractivity contribution in [3.8, 4) is 11.4 Å². The van der Waals surface area contributed by atoms with Crippen LogP contribution in [0.2, 0.25) is 10.0 Å². The van der Waals surface area contributed by atoms with E-state index in [0.29, 0.717) is 37.2 Å². The average molecular weight is 489 g/mol. The minimum atomic E-state index is -0.529. The third-order valence-electron chi connectivity index (χ3n) is 4.55. The second-order valence-corrected chi connectivity index (χ2v) is 8.55. The van der Waals surface area contributed by atoms with E-state index in [1.165, 1.54) is 19.1 Å². The summed E-state index contributed by atoms with van der Waals surface area (Å²) in [7, 11) is 0. The summed E-state index contributed by atoms with van der Waals surface area (Å²) in [5.74, 6) is 0.832. The Morgan fingerprint density at radius 2 is 2.00 bits per heavy atom. The number of aromatic nitrogens is 3. The Hall–Kier alpha value is -3.14. The van der Waals surface area contributed by atoms with Crippen LogP contribution in [0.4, 0.5) is 5.69 Å². The molecule has 0 bridgehead atoms. The summed E-state index contributed by atoms with van der Waals surface area (Å²) in [4.78, 5) is 23.1. The van der Waals surface area contributed by atoms with Crippen molar-refractivity contribution in [3.63, 3.8) is 0 Å². The first-order valence-electron chi connectivity index (χ1n) is 9.21. The Kier molecular flexibility index (Phi) is 6.31. The largest absolute Gasteiger partial charge is 0.467 e. The van der Waals surface area contributed by atoms with Crippen LogP contribution in [0.5, 0.6) is 0 Å². The molecule has 0 aliphatic carbocycles. The maximum absolute atomic E-state index is 11.6. The molecule has 0 atom stereocenters. The van der Waals surface area contributed by atoms with Crippen molar-refractivity contribution in [2.24, 2.45) is 0 Å². The lowest BCUT2D eigenvalue weighted by atomic mass is 10.1. The van der Waals surface area contributed by atoms with Crippen LogP contribution in [0.25, 0.3) is 11.4 Å². The van der Waals surface area contributed by atoms with Crippen molar-refractivity contribution >= 4 is 46.4 Å². The number of furan rings is 1. The quantitative estimate of drug-likeness (QED) is 0.174. The Balaban J connectivity index is 1.80. The van der Waals surface area contributed by atoms with Gasteiger partial charge in [-0.15, -0.1) is 10.2 Å². The van der Waals surface area contributed by atoms with Crippen LogP contribution in [0.1, 0.15) is 23.0 Å². The zero-order valence-corrected chi connectivity index (χ0v) is 18.8. The summed E-state index contributed by atoms with van der Waals surface area (Å²) in [6.07, 6.45) is 1.55. The first-order valence-corrected chi connectivity index (χ1v) is 10.8. The molecule has 162 valence electrons. The smallest absolute Gasteiger partial charge is 0.284 e. The summed E-state index contributed by atoms with van der Waals surface area (Å²) in [6, 6.07) is 12.9. The van der Waals surface area contributed by atoms with Crippen LogP contribution in [0.3, 0.4) is 0 Å². The van der Waals surface area contributed by atoms with Gasteiger partial charge in [0, 0.05) is 22.2 Å². The molecule has 0 radical (unpaired) electrons. The van der Waals surface area contributed by atoms with Gasteiger partial charge in [-0.05, 0) is 61.2 Å². The first kappa shape index (κ1) is 22.1. The van der Waals surface area contributed by atoms with E-state index >= 15 is 0 Å². The first-order chi connectivity index (χ1) is 15.3. The van der Waals surface area contributed by atoms with E-state index in [4.69, 9.17) is 27.6 Å². The molecule has 0 aliphatic heterocycles. The average Bonchev–Trinajstić information content (AvgIpc) is 3.39. The van der Waals surface area contributed by atoms with Gasteiger partial charge < -0.3 is 4.42 Å². The number of hydrogen-bond donors (Lipinski definition) is 0. The molecule has 2 heterocycles. The van der Waals surface area contributed by atoms with Crippen LogP contribution in [-0.2, 0) is 6.54 Å². The Morgan fingerprint density at radius 1 is 1.19 bits per heavy atom. The summed E-state index contributed by atoms with van der Waals surface area (Å²) in [5, 5.41) is 21.4. The van der Waals surface area contributed by atoms with E-state index in [9.17, 15) is 14.9 Å². The molecule has 0 spiro atoms. The Labute approximate surface area is 196 Å². The van der Waals surface area contributed by atoms with Gasteiger partial charge in [-0.2, -0.15) is 0 Å². The van der Waals surface area contributed by atoms with E-state index in [2.05, 4.69) is 10.2 Å². The number of nitrogens with zero attached hydrogens (tertiary/aromatic N) is 4. The highest BCUT2D eigenvalue weighted by Crippen LogP contribution is 2.38. The zero-order valence-electron chi connectivity index (χ0n) is 16.5. The van der Waals surface area contributed by atoms with Crippen molar-refractivity contribution in [1.29, 1.82) is 0 Å². The van der Waals surface area contributed by atoms with Gasteiger partial charge >= 0.3 is 0 Å². The van der Waals surface area contributed by atoms with Gasteiger partial charge in [0.25, 0.3) is 5.69 Å². The summed E-state index contributed by atoms with van der Waals surface area (Å²) in [6.45, 7) is 1.63. The molecule has 11 heteroatoms. The maximum Gasteiger partial charge on any atom is 0.284 e. The van der Waals surface area contributed by atoms with Crippen molar-refractivity contribution in [2.45, 2.75) is 23.5 Å². The van der Waals surface area contributed by atoms with Gasteiger partial charge in [-0.1, -0.05) is 23.2 Å². The zero-order chi connectivity index (χ0) is 22.8. The molecule has 4 rings (SSSR count). The third-order valence-corrected chi connectivity index (χ3v) is 6.14. The van der Waals surface area contributed by atoms with Gasteiger partial charge in [0.1, 0.15) is 5.76 Å². The van der Waals surface area contributed by atoms with Gasteiger partial charge in [0.2, 0.25) is 0 Å². The van der Waals surface area contributed by atoms with Crippen LogP contribution in [0.15, 0.2) is 69.3 Å². The molecular weight excluding hydrogens is 475 g/mol. The van der Waals surface area contributed by atoms with Gasteiger partial charge in [-0.3, -0.25) is 19.5 Å². The SMILES string of the molecule is CC(=O)c1ccc(Sc2nnc(-c3ccc(Cl)cc3Cl)n2Cc2ccco2)c([N+](=O)[O-])c1. The second-order valence-electron chi connectivity index (χ2n) is 6.69. The van der Waals surface area contributed by atoms with Gasteiger partial charge in [-0.25, -0.2) is 0 Å². The number of benzene rings is 2. The Bertz CT molecular complexity index is 1320. The molecule has 4 aromatic rings. The number of nitro groups is 1. The van der Waals surface area contributed by atoms with Gasteiger partial charge in [0.15, 0.2) is 16.8 Å². The van der Waals surface area contributed by atoms with Crippen molar-refractivity contribution in [1.82, 2.24) is 14.8 Å². The Morgan fingerprint density at radius 3 is 2.66 bits per heavy atom. The summed E-state index contributed by atoms with van der Waals surface area (Å²) >= 11 is 13.5. The highest BCUT2D eigenvalue weighted by atomic mass is 35.5. The van der Waals surface area contributed by atoms with Crippen molar-refractivity contribution < 1.29 is 14.1 Å². The van der Waals surface area contributed by atoms with Crippen LogP contribution >= 0.6 is 35.0 Å². The van der Waals surface area contributed by atoms with Crippen molar-refractivity contribution in [2.75, 3.05) is 0 Å². The number of Topliss-reactive ketones (excluding diaryl/α,β-unsaturated/α-hetero) is 1. The lowest BCUT2D eigenvalue weighted by Crippen LogP contribution is -2.04. The number of carbonyl (C=O) groups excluding carboxylic acids is 1. The molecule has 2 aromatic carbocycles. The van der Waals surface area contributed by atoms with E-state index in [1.807, 2.05) is 0 Å². The fourth-order valence-electron chi connectivity index (χ4n) is 3.00. The maximum atomic E-state index is 11.6. The molecule has 0 amide bonds. The number of rotatable bonds is 7. The minimum absolute atomic E-state index is 0.193. The number of nitro benzene ring substituents is 1. The molecule has 0 saturated heterocycles. The number of hydrogen-bond acceptors (Lipinski definition) is 7. The lowest BCUT2D eigenvalue weighted by molar-refractivity contribution is -0.387. The number of ketones is 1.